The Kier molecular flexibility index (Phi) is 6.08. The van der Waals surface area contributed by atoms with Gasteiger partial charge in [-0.25, -0.2) is 0 Å². The van der Waals surface area contributed by atoms with Crippen LogP contribution in [0.4, 0.5) is 0 Å². The van der Waals surface area contributed by atoms with Crippen molar-refractivity contribution in [3.05, 3.63) is 46.3 Å². The highest BCUT2D eigenvalue weighted by molar-refractivity contribution is 6.30. The third-order valence-corrected chi connectivity index (χ3v) is 3.41. The molecule has 0 N–H and O–H groups in total. The van der Waals surface area contributed by atoms with Crippen LogP contribution in [0.15, 0.2) is 35.7 Å². The minimum atomic E-state index is -0.0446. The first-order chi connectivity index (χ1) is 9.42. The number of allylic oxidation sites excluding steroid dienone is 2. The molecule has 0 saturated carbocycles. The Labute approximate surface area is 126 Å². The third kappa shape index (κ3) is 3.76. The zero-order valence-electron chi connectivity index (χ0n) is 12.7. The van der Waals surface area contributed by atoms with Crippen molar-refractivity contribution in [2.45, 2.75) is 27.7 Å². The van der Waals surface area contributed by atoms with Gasteiger partial charge in [0.2, 0.25) is 0 Å². The van der Waals surface area contributed by atoms with Crippen LogP contribution in [0.1, 0.15) is 38.1 Å². The number of ether oxygens (including phenoxy) is 1. The van der Waals surface area contributed by atoms with E-state index in [-0.39, 0.29) is 11.8 Å². The van der Waals surface area contributed by atoms with Gasteiger partial charge in [-0.15, -0.1) is 0 Å². The summed E-state index contributed by atoms with van der Waals surface area (Å²) in [4.78, 5) is 14.3. The number of benzene rings is 1. The van der Waals surface area contributed by atoms with Gasteiger partial charge in [0, 0.05) is 23.0 Å². The fraction of sp³-hybridized carbons (Fsp3) is 0.438. The standard InChI is InChI=1S/C16H22ClNO2/c1-6-18(12(4)15(20-5)11(2)3)16(19)13-7-9-14(17)10-8-13/h7-11H,6H2,1-5H3/b15-12-. The highest BCUT2D eigenvalue weighted by atomic mass is 35.5. The normalized spacial score (nSPS) is 12.2. The molecular weight excluding hydrogens is 274 g/mol. The van der Waals surface area contributed by atoms with Crippen molar-refractivity contribution in [1.82, 2.24) is 4.90 Å². The Morgan fingerprint density at radius 1 is 1.30 bits per heavy atom. The second-order valence-corrected chi connectivity index (χ2v) is 5.30. The van der Waals surface area contributed by atoms with Crippen LogP contribution < -0.4 is 0 Å². The Hall–Kier alpha value is -1.48. The molecule has 0 bridgehead atoms. The van der Waals surface area contributed by atoms with Crippen molar-refractivity contribution in [1.29, 1.82) is 0 Å². The summed E-state index contributed by atoms with van der Waals surface area (Å²) in [5.74, 6) is 1.01. The molecule has 0 atom stereocenters. The molecule has 0 saturated heterocycles. The summed E-state index contributed by atoms with van der Waals surface area (Å²) in [5, 5.41) is 0.622. The number of hydrogen-bond acceptors (Lipinski definition) is 2. The van der Waals surface area contributed by atoms with Crippen molar-refractivity contribution in [3.63, 3.8) is 0 Å². The van der Waals surface area contributed by atoms with Gasteiger partial charge >= 0.3 is 0 Å². The number of methoxy groups -OCH3 is 1. The topological polar surface area (TPSA) is 29.5 Å². The van der Waals surface area contributed by atoms with E-state index in [1.807, 2.05) is 27.7 Å². The molecule has 1 rings (SSSR count). The minimum absolute atomic E-state index is 0.0446. The zero-order chi connectivity index (χ0) is 15.3. The second-order valence-electron chi connectivity index (χ2n) is 4.86. The molecule has 4 heteroatoms. The molecular formula is C16H22ClNO2. The van der Waals surface area contributed by atoms with E-state index in [1.165, 1.54) is 0 Å². The summed E-state index contributed by atoms with van der Waals surface area (Å²) in [5.41, 5.74) is 1.47. The lowest BCUT2D eigenvalue weighted by Gasteiger charge is -2.25. The number of rotatable bonds is 5. The van der Waals surface area contributed by atoms with Crippen LogP contribution in [-0.4, -0.2) is 24.5 Å². The number of nitrogens with zero attached hydrogens (tertiary/aromatic N) is 1. The van der Waals surface area contributed by atoms with Crippen molar-refractivity contribution in [2.75, 3.05) is 13.7 Å². The van der Waals surface area contributed by atoms with Crippen LogP contribution >= 0.6 is 11.6 Å². The van der Waals surface area contributed by atoms with E-state index in [1.54, 1.807) is 36.3 Å². The van der Waals surface area contributed by atoms with Gasteiger partial charge in [0.25, 0.3) is 5.91 Å². The van der Waals surface area contributed by atoms with Crippen molar-refractivity contribution >= 4 is 17.5 Å². The largest absolute Gasteiger partial charge is 0.499 e. The van der Waals surface area contributed by atoms with Crippen molar-refractivity contribution in [3.8, 4) is 0 Å². The SMILES string of the molecule is CCN(C(=O)c1ccc(Cl)cc1)/C(C)=C(\OC)C(C)C. The van der Waals surface area contributed by atoms with Crippen LogP contribution in [-0.2, 0) is 4.74 Å². The Morgan fingerprint density at radius 2 is 1.85 bits per heavy atom. The molecule has 20 heavy (non-hydrogen) atoms. The van der Waals surface area contributed by atoms with Gasteiger partial charge in [-0.1, -0.05) is 25.4 Å². The molecule has 110 valence electrons. The highest BCUT2D eigenvalue weighted by Gasteiger charge is 2.20. The van der Waals surface area contributed by atoms with Crippen molar-refractivity contribution < 1.29 is 9.53 Å². The lowest BCUT2D eigenvalue weighted by molar-refractivity contribution is 0.0799. The number of amides is 1. The lowest BCUT2D eigenvalue weighted by atomic mass is 10.1. The fourth-order valence-corrected chi connectivity index (χ4v) is 2.34. The second kappa shape index (κ2) is 7.34. The lowest BCUT2D eigenvalue weighted by Crippen LogP contribution is -2.30. The maximum atomic E-state index is 12.6. The molecule has 0 radical (unpaired) electrons. The Morgan fingerprint density at radius 3 is 2.25 bits per heavy atom. The summed E-state index contributed by atoms with van der Waals surface area (Å²) >= 11 is 5.85. The monoisotopic (exact) mass is 295 g/mol. The molecule has 1 aromatic carbocycles. The molecule has 0 aliphatic carbocycles. The van der Waals surface area contributed by atoms with Crippen LogP contribution in [0, 0.1) is 5.92 Å². The number of hydrogen-bond donors (Lipinski definition) is 0. The van der Waals surface area contributed by atoms with Gasteiger partial charge in [-0.3, -0.25) is 4.79 Å². The van der Waals surface area contributed by atoms with E-state index in [4.69, 9.17) is 16.3 Å². The maximum Gasteiger partial charge on any atom is 0.258 e. The fourth-order valence-electron chi connectivity index (χ4n) is 2.22. The predicted octanol–water partition coefficient (Wildman–Crippen LogP) is 4.34. The van der Waals surface area contributed by atoms with Gasteiger partial charge in [0.1, 0.15) is 5.76 Å². The van der Waals surface area contributed by atoms with Crippen LogP contribution in [0.2, 0.25) is 5.02 Å². The molecule has 1 aromatic rings. The summed E-state index contributed by atoms with van der Waals surface area (Å²) in [7, 11) is 1.64. The summed E-state index contributed by atoms with van der Waals surface area (Å²) in [6.07, 6.45) is 0. The first kappa shape index (κ1) is 16.6. The first-order valence-electron chi connectivity index (χ1n) is 6.74. The van der Waals surface area contributed by atoms with Crippen LogP contribution in [0.3, 0.4) is 0 Å². The Balaban J connectivity index is 3.12. The van der Waals surface area contributed by atoms with E-state index in [0.717, 1.165) is 11.5 Å². The summed E-state index contributed by atoms with van der Waals surface area (Å²) in [6.45, 7) is 8.54. The predicted molar refractivity (Wildman–Crippen MR) is 82.7 cm³/mol. The summed E-state index contributed by atoms with van der Waals surface area (Å²) < 4.78 is 5.43. The van der Waals surface area contributed by atoms with E-state index in [0.29, 0.717) is 17.1 Å². The molecule has 0 heterocycles. The number of carbonyl (C=O) groups excluding carboxylic acids is 1. The molecule has 3 nitrogen and oxygen atoms in total. The summed E-state index contributed by atoms with van der Waals surface area (Å²) in [6, 6.07) is 6.92. The quantitative estimate of drug-likeness (QED) is 0.756. The van der Waals surface area contributed by atoms with Crippen LogP contribution in [0.25, 0.3) is 0 Å². The van der Waals surface area contributed by atoms with Gasteiger partial charge in [0.15, 0.2) is 0 Å². The molecule has 0 unspecified atom stereocenters. The number of halogens is 1. The van der Waals surface area contributed by atoms with E-state index >= 15 is 0 Å². The molecule has 0 aromatic heterocycles. The van der Waals surface area contributed by atoms with Crippen molar-refractivity contribution in [2.24, 2.45) is 5.92 Å². The Bertz CT molecular complexity index is 492. The van der Waals surface area contributed by atoms with Crippen LogP contribution in [0.5, 0.6) is 0 Å². The smallest absolute Gasteiger partial charge is 0.258 e. The molecule has 0 aliphatic rings. The maximum absolute atomic E-state index is 12.6. The first-order valence-corrected chi connectivity index (χ1v) is 7.12. The molecule has 1 amide bonds. The highest BCUT2D eigenvalue weighted by Crippen LogP contribution is 2.21. The van der Waals surface area contributed by atoms with E-state index in [9.17, 15) is 4.79 Å². The van der Waals surface area contributed by atoms with Gasteiger partial charge in [-0.2, -0.15) is 0 Å². The van der Waals surface area contributed by atoms with Gasteiger partial charge in [0.05, 0.1) is 12.8 Å². The van der Waals surface area contributed by atoms with E-state index < -0.39 is 0 Å². The average Bonchev–Trinajstić information content (AvgIpc) is 2.40. The third-order valence-electron chi connectivity index (χ3n) is 3.16. The molecule has 0 fully saturated rings. The van der Waals surface area contributed by atoms with Gasteiger partial charge in [-0.05, 0) is 38.1 Å². The van der Waals surface area contributed by atoms with E-state index in [2.05, 4.69) is 0 Å². The minimum Gasteiger partial charge on any atom is -0.499 e. The zero-order valence-corrected chi connectivity index (χ0v) is 13.5. The average molecular weight is 296 g/mol. The number of carbonyl (C=O) groups is 1. The molecule has 0 spiro atoms. The van der Waals surface area contributed by atoms with Gasteiger partial charge < -0.3 is 9.64 Å². The molecule has 0 aliphatic heterocycles.